The zero-order chi connectivity index (χ0) is 9.42. The minimum Gasteiger partial charge on any atom is -0.390 e. The number of H-pyrrole nitrogens is 1. The third kappa shape index (κ3) is 1.47. The number of hydrogen-bond acceptors (Lipinski definition) is 1. The molecule has 0 bridgehead atoms. The van der Waals surface area contributed by atoms with E-state index >= 15 is 0 Å². The predicted octanol–water partition coefficient (Wildman–Crippen LogP) is 3.08. The van der Waals surface area contributed by atoms with Crippen molar-refractivity contribution in [2.45, 2.75) is 6.61 Å². The van der Waals surface area contributed by atoms with Gasteiger partial charge in [0, 0.05) is 21.1 Å². The largest absolute Gasteiger partial charge is 0.390 e. The first-order valence-electron chi connectivity index (χ1n) is 3.79. The van der Waals surface area contributed by atoms with Crippen molar-refractivity contribution in [3.63, 3.8) is 0 Å². The van der Waals surface area contributed by atoms with E-state index in [2.05, 4.69) is 20.9 Å². The molecule has 1 aromatic heterocycles. The van der Waals surface area contributed by atoms with Gasteiger partial charge in [-0.25, -0.2) is 0 Å². The van der Waals surface area contributed by atoms with E-state index in [1.54, 1.807) is 0 Å². The number of rotatable bonds is 1. The zero-order valence-corrected chi connectivity index (χ0v) is 8.98. The number of aromatic amines is 1. The van der Waals surface area contributed by atoms with Crippen LogP contribution in [0.2, 0.25) is 5.02 Å². The van der Waals surface area contributed by atoms with Crippen molar-refractivity contribution in [2.24, 2.45) is 0 Å². The van der Waals surface area contributed by atoms with E-state index in [4.69, 9.17) is 16.7 Å². The second kappa shape index (κ2) is 3.33. The number of aliphatic hydroxyl groups excluding tert-OH is 1. The van der Waals surface area contributed by atoms with Crippen LogP contribution in [-0.4, -0.2) is 10.1 Å². The Morgan fingerprint density at radius 2 is 2.23 bits per heavy atom. The van der Waals surface area contributed by atoms with Crippen LogP contribution in [0.25, 0.3) is 10.9 Å². The Morgan fingerprint density at radius 1 is 1.46 bits per heavy atom. The number of benzene rings is 1. The lowest BCUT2D eigenvalue weighted by Gasteiger charge is -1.95. The van der Waals surface area contributed by atoms with Crippen LogP contribution in [0.5, 0.6) is 0 Å². The van der Waals surface area contributed by atoms with Crippen LogP contribution in [-0.2, 0) is 6.61 Å². The topological polar surface area (TPSA) is 36.0 Å². The van der Waals surface area contributed by atoms with E-state index < -0.39 is 0 Å². The summed E-state index contributed by atoms with van der Waals surface area (Å²) in [5.41, 5.74) is 1.72. The lowest BCUT2D eigenvalue weighted by molar-refractivity contribution is 0.278. The first-order chi connectivity index (χ1) is 6.22. The number of fused-ring (bicyclic) bond motifs is 1. The molecule has 0 aliphatic heterocycles. The number of hydrogen-bond donors (Lipinski definition) is 2. The van der Waals surface area contributed by atoms with Crippen molar-refractivity contribution in [1.82, 2.24) is 4.98 Å². The average Bonchev–Trinajstić information content (AvgIpc) is 2.55. The second-order valence-electron chi connectivity index (χ2n) is 2.78. The molecule has 0 aliphatic rings. The Balaban J connectivity index is 2.76. The van der Waals surface area contributed by atoms with Crippen LogP contribution in [0, 0.1) is 0 Å². The van der Waals surface area contributed by atoms with Crippen LogP contribution in [0.4, 0.5) is 0 Å². The molecule has 0 spiro atoms. The third-order valence-electron chi connectivity index (χ3n) is 1.92. The maximum absolute atomic E-state index is 8.91. The number of aliphatic hydroxyl groups is 1. The van der Waals surface area contributed by atoms with E-state index in [9.17, 15) is 0 Å². The molecule has 2 N–H and O–H groups in total. The number of halogens is 2. The van der Waals surface area contributed by atoms with Gasteiger partial charge in [-0.3, -0.25) is 0 Å². The molecular formula is C9H7BrClNO. The van der Waals surface area contributed by atoms with E-state index in [0.29, 0.717) is 5.02 Å². The number of aromatic nitrogens is 1. The van der Waals surface area contributed by atoms with Crippen molar-refractivity contribution < 1.29 is 5.11 Å². The minimum absolute atomic E-state index is 0.00261. The number of nitrogens with one attached hydrogen (secondary N) is 1. The highest BCUT2D eigenvalue weighted by Gasteiger charge is 2.06. The summed E-state index contributed by atoms with van der Waals surface area (Å²) in [6, 6.07) is 5.65. The molecule has 2 rings (SSSR count). The van der Waals surface area contributed by atoms with Crippen molar-refractivity contribution in [3.8, 4) is 0 Å². The highest BCUT2D eigenvalue weighted by Crippen LogP contribution is 2.31. The van der Waals surface area contributed by atoms with Gasteiger partial charge in [0.1, 0.15) is 0 Å². The summed E-state index contributed by atoms with van der Waals surface area (Å²) >= 11 is 9.39. The van der Waals surface area contributed by atoms with Crippen LogP contribution in [0.3, 0.4) is 0 Å². The molecule has 0 radical (unpaired) electrons. The molecule has 4 heteroatoms. The van der Waals surface area contributed by atoms with Gasteiger partial charge in [0.05, 0.1) is 11.6 Å². The maximum atomic E-state index is 8.91. The zero-order valence-electron chi connectivity index (χ0n) is 6.64. The van der Waals surface area contributed by atoms with Crippen LogP contribution < -0.4 is 0 Å². The molecule has 0 saturated carbocycles. The monoisotopic (exact) mass is 259 g/mol. The van der Waals surface area contributed by atoms with Gasteiger partial charge in [0.2, 0.25) is 0 Å². The van der Waals surface area contributed by atoms with Gasteiger partial charge in [-0.2, -0.15) is 0 Å². The summed E-state index contributed by atoms with van der Waals surface area (Å²) in [5, 5.41) is 10.5. The molecule has 0 fully saturated rings. The van der Waals surface area contributed by atoms with Crippen molar-refractivity contribution in [1.29, 1.82) is 0 Å². The van der Waals surface area contributed by atoms with Crippen molar-refractivity contribution >= 4 is 38.4 Å². The molecule has 0 unspecified atom stereocenters. The molecule has 1 aromatic carbocycles. The highest BCUT2D eigenvalue weighted by molar-refractivity contribution is 9.10. The van der Waals surface area contributed by atoms with Crippen LogP contribution in [0.15, 0.2) is 22.7 Å². The summed E-state index contributed by atoms with van der Waals surface area (Å²) in [6.07, 6.45) is 0. The van der Waals surface area contributed by atoms with Crippen LogP contribution in [0.1, 0.15) is 5.69 Å². The summed E-state index contributed by atoms with van der Waals surface area (Å²) in [4.78, 5) is 3.06. The fourth-order valence-electron chi connectivity index (χ4n) is 1.28. The standard InChI is InChI=1S/C9H7BrClNO/c10-7-1-2-8-6(9(7)11)3-5(4-13)12-8/h1-3,12-13H,4H2. The minimum atomic E-state index is 0.00261. The third-order valence-corrected chi connectivity index (χ3v) is 3.21. The lowest BCUT2D eigenvalue weighted by Crippen LogP contribution is -1.78. The normalized spacial score (nSPS) is 11.0. The smallest absolute Gasteiger partial charge is 0.0831 e. The van der Waals surface area contributed by atoms with Gasteiger partial charge in [0.15, 0.2) is 0 Å². The van der Waals surface area contributed by atoms with Gasteiger partial charge in [-0.15, -0.1) is 0 Å². The first-order valence-corrected chi connectivity index (χ1v) is 4.96. The quantitative estimate of drug-likeness (QED) is 0.812. The van der Waals surface area contributed by atoms with Gasteiger partial charge in [0.25, 0.3) is 0 Å². The molecule has 0 atom stereocenters. The van der Waals surface area contributed by atoms with Gasteiger partial charge in [-0.1, -0.05) is 11.6 Å². The molecule has 2 nitrogen and oxygen atoms in total. The Kier molecular flexibility index (Phi) is 2.32. The maximum Gasteiger partial charge on any atom is 0.0831 e. The molecule has 2 aromatic rings. The average molecular weight is 261 g/mol. The summed E-state index contributed by atoms with van der Waals surface area (Å²) < 4.78 is 0.866. The van der Waals surface area contributed by atoms with E-state index in [1.807, 2.05) is 18.2 Å². The Bertz CT molecular complexity index is 452. The summed E-state index contributed by atoms with van der Waals surface area (Å²) in [5.74, 6) is 0. The fourth-order valence-corrected chi connectivity index (χ4v) is 1.85. The molecule has 0 amide bonds. The van der Waals surface area contributed by atoms with E-state index in [0.717, 1.165) is 21.1 Å². The van der Waals surface area contributed by atoms with Crippen LogP contribution >= 0.6 is 27.5 Å². The SMILES string of the molecule is OCc1cc2c(Cl)c(Br)ccc2[nH]1. The van der Waals surface area contributed by atoms with Gasteiger partial charge < -0.3 is 10.1 Å². The molecule has 1 heterocycles. The summed E-state index contributed by atoms with van der Waals surface area (Å²) in [7, 11) is 0. The first kappa shape index (κ1) is 9.06. The Morgan fingerprint density at radius 3 is 2.92 bits per heavy atom. The molecule has 68 valence electrons. The second-order valence-corrected chi connectivity index (χ2v) is 4.01. The van der Waals surface area contributed by atoms with Crippen molar-refractivity contribution in [2.75, 3.05) is 0 Å². The van der Waals surface area contributed by atoms with E-state index in [-0.39, 0.29) is 6.61 Å². The fraction of sp³-hybridized carbons (Fsp3) is 0.111. The van der Waals surface area contributed by atoms with Crippen molar-refractivity contribution in [3.05, 3.63) is 33.4 Å². The van der Waals surface area contributed by atoms with E-state index in [1.165, 1.54) is 0 Å². The Labute approximate surface area is 88.7 Å². The molecule has 0 aliphatic carbocycles. The summed E-state index contributed by atoms with van der Waals surface area (Å²) in [6.45, 7) is 0.00261. The van der Waals surface area contributed by atoms with Gasteiger partial charge >= 0.3 is 0 Å². The highest BCUT2D eigenvalue weighted by atomic mass is 79.9. The molecule has 13 heavy (non-hydrogen) atoms. The van der Waals surface area contributed by atoms with Gasteiger partial charge in [-0.05, 0) is 34.1 Å². The predicted molar refractivity (Wildman–Crippen MR) is 56.9 cm³/mol. The lowest BCUT2D eigenvalue weighted by atomic mass is 10.2. The Hall–Kier alpha value is -0.510. The molecular weight excluding hydrogens is 253 g/mol. The molecule has 0 saturated heterocycles.